The van der Waals surface area contributed by atoms with Crippen LogP contribution < -0.4 is 0 Å². The fraction of sp³-hybridized carbons (Fsp3) is 0.429. The van der Waals surface area contributed by atoms with Crippen LogP contribution in [0.15, 0.2) is 30.3 Å². The summed E-state index contributed by atoms with van der Waals surface area (Å²) in [6.07, 6.45) is 0.575. The highest BCUT2D eigenvalue weighted by atomic mass is 16.6. The lowest BCUT2D eigenvalue weighted by Gasteiger charge is -2.17. The Morgan fingerprint density at radius 1 is 1.38 bits per heavy atom. The summed E-state index contributed by atoms with van der Waals surface area (Å²) in [6.45, 7) is 3.88. The van der Waals surface area contributed by atoms with Gasteiger partial charge in [0.15, 0.2) is 5.60 Å². The molecule has 2 rings (SSSR count). The molecule has 1 aromatic rings. The van der Waals surface area contributed by atoms with Gasteiger partial charge in [-0.1, -0.05) is 37.0 Å². The van der Waals surface area contributed by atoms with Crippen molar-refractivity contribution in [1.29, 1.82) is 0 Å². The second-order valence-corrected chi connectivity index (χ2v) is 4.16. The van der Waals surface area contributed by atoms with E-state index >= 15 is 0 Å². The maximum Gasteiger partial charge on any atom is 0.154 e. The minimum absolute atomic E-state index is 0.120. The molecule has 0 saturated carbocycles. The molecule has 0 spiro atoms. The summed E-state index contributed by atoms with van der Waals surface area (Å²) in [7, 11) is 0. The van der Waals surface area contributed by atoms with Crippen LogP contribution in [0, 0.1) is 11.8 Å². The second kappa shape index (κ2) is 4.29. The molecule has 1 saturated heterocycles. The zero-order valence-electron chi connectivity index (χ0n) is 9.60. The van der Waals surface area contributed by atoms with E-state index in [1.54, 1.807) is 0 Å². The van der Waals surface area contributed by atoms with Gasteiger partial charge in [0.1, 0.15) is 6.10 Å². The molecule has 2 heteroatoms. The maximum absolute atomic E-state index is 10.3. The molecule has 1 fully saturated rings. The summed E-state index contributed by atoms with van der Waals surface area (Å²) >= 11 is 0. The predicted octanol–water partition coefficient (Wildman–Crippen LogP) is 1.97. The predicted molar refractivity (Wildman–Crippen MR) is 62.9 cm³/mol. The molecule has 84 valence electrons. The van der Waals surface area contributed by atoms with Gasteiger partial charge in [0.05, 0.1) is 6.10 Å². The average molecular weight is 216 g/mol. The van der Waals surface area contributed by atoms with Crippen LogP contribution in [0.4, 0.5) is 0 Å². The fourth-order valence-electron chi connectivity index (χ4n) is 1.75. The normalized spacial score (nSPS) is 26.4. The van der Waals surface area contributed by atoms with Gasteiger partial charge in [-0.3, -0.25) is 0 Å². The lowest BCUT2D eigenvalue weighted by atomic mass is 9.95. The summed E-state index contributed by atoms with van der Waals surface area (Å²) in [5.41, 5.74) is -0.0856. The zero-order valence-corrected chi connectivity index (χ0v) is 9.60. The van der Waals surface area contributed by atoms with E-state index in [4.69, 9.17) is 4.74 Å². The van der Waals surface area contributed by atoms with Gasteiger partial charge in [-0.25, -0.2) is 0 Å². The second-order valence-electron chi connectivity index (χ2n) is 4.16. The largest absolute Gasteiger partial charge is 0.375 e. The third-order valence-corrected chi connectivity index (χ3v) is 2.92. The Bertz CT molecular complexity index is 415. The first kappa shape index (κ1) is 11.2. The van der Waals surface area contributed by atoms with Gasteiger partial charge in [0.25, 0.3) is 0 Å². The molecule has 1 aromatic carbocycles. The average Bonchev–Trinajstić information content (AvgIpc) is 3.05. The molecule has 0 amide bonds. The van der Waals surface area contributed by atoms with Crippen molar-refractivity contribution in [2.45, 2.75) is 38.1 Å². The van der Waals surface area contributed by atoms with Gasteiger partial charge in [0, 0.05) is 5.56 Å². The maximum atomic E-state index is 10.3. The van der Waals surface area contributed by atoms with E-state index in [-0.39, 0.29) is 12.2 Å². The first-order valence-corrected chi connectivity index (χ1v) is 5.62. The lowest BCUT2D eigenvalue weighted by Crippen LogP contribution is -2.33. The summed E-state index contributed by atoms with van der Waals surface area (Å²) in [6, 6.07) is 9.68. The Balaban J connectivity index is 2.16. The van der Waals surface area contributed by atoms with Gasteiger partial charge in [0.2, 0.25) is 0 Å². The Morgan fingerprint density at radius 2 is 2.00 bits per heavy atom. The van der Waals surface area contributed by atoms with E-state index in [1.807, 2.05) is 44.2 Å². The van der Waals surface area contributed by atoms with Crippen molar-refractivity contribution >= 4 is 0 Å². The first-order valence-electron chi connectivity index (χ1n) is 5.62. The lowest BCUT2D eigenvalue weighted by molar-refractivity contribution is 0.0641. The van der Waals surface area contributed by atoms with Crippen LogP contribution in [-0.4, -0.2) is 22.9 Å². The van der Waals surface area contributed by atoms with Crippen molar-refractivity contribution in [3.63, 3.8) is 0 Å². The molecular weight excluding hydrogens is 200 g/mol. The van der Waals surface area contributed by atoms with E-state index in [2.05, 4.69) is 11.8 Å². The molecule has 3 atom stereocenters. The molecule has 2 nitrogen and oxygen atoms in total. The molecule has 16 heavy (non-hydrogen) atoms. The van der Waals surface area contributed by atoms with E-state index in [9.17, 15) is 5.11 Å². The van der Waals surface area contributed by atoms with Crippen molar-refractivity contribution in [3.05, 3.63) is 35.9 Å². The Hall–Kier alpha value is -1.30. The zero-order chi connectivity index (χ0) is 11.6. The third kappa shape index (κ3) is 2.27. The van der Waals surface area contributed by atoms with Crippen LogP contribution >= 0.6 is 0 Å². The number of rotatable bonds is 2. The number of ether oxygens (including phenoxy) is 1. The number of aliphatic hydroxyl groups is 1. The third-order valence-electron chi connectivity index (χ3n) is 2.92. The van der Waals surface area contributed by atoms with Gasteiger partial charge >= 0.3 is 0 Å². The van der Waals surface area contributed by atoms with Crippen molar-refractivity contribution in [1.82, 2.24) is 0 Å². The quantitative estimate of drug-likeness (QED) is 0.605. The van der Waals surface area contributed by atoms with Crippen molar-refractivity contribution in [2.75, 3.05) is 0 Å². The highest BCUT2D eigenvalue weighted by Gasteiger charge is 2.49. The van der Waals surface area contributed by atoms with Crippen LogP contribution in [0.1, 0.15) is 25.8 Å². The van der Waals surface area contributed by atoms with Crippen LogP contribution in [0.2, 0.25) is 0 Å². The van der Waals surface area contributed by atoms with Crippen LogP contribution in [0.25, 0.3) is 0 Å². The minimum atomic E-state index is -1.00. The van der Waals surface area contributed by atoms with Gasteiger partial charge in [-0.2, -0.15) is 0 Å². The SMILES string of the molecule is CCC(O)(C#Cc1ccccc1)C1OC1C. The van der Waals surface area contributed by atoms with Crippen molar-refractivity contribution < 1.29 is 9.84 Å². The summed E-state index contributed by atoms with van der Waals surface area (Å²) in [5, 5.41) is 10.3. The Morgan fingerprint density at radius 3 is 2.50 bits per heavy atom. The molecular formula is C14H16O2. The van der Waals surface area contributed by atoms with Crippen molar-refractivity contribution in [3.8, 4) is 11.8 Å². The standard InChI is InChI=1S/C14H16O2/c1-3-14(15,13-11(2)16-13)10-9-12-7-5-4-6-8-12/h4-8,11,13,15H,3H2,1-2H3. The minimum Gasteiger partial charge on any atom is -0.375 e. The summed E-state index contributed by atoms with van der Waals surface area (Å²) in [5.74, 6) is 5.93. The summed E-state index contributed by atoms with van der Waals surface area (Å²) in [4.78, 5) is 0. The first-order chi connectivity index (χ1) is 7.65. The smallest absolute Gasteiger partial charge is 0.154 e. The molecule has 0 bridgehead atoms. The van der Waals surface area contributed by atoms with E-state index in [1.165, 1.54) is 0 Å². The van der Waals surface area contributed by atoms with Crippen LogP contribution in [-0.2, 0) is 4.74 Å². The highest BCUT2D eigenvalue weighted by molar-refractivity contribution is 5.37. The highest BCUT2D eigenvalue weighted by Crippen LogP contribution is 2.33. The monoisotopic (exact) mass is 216 g/mol. The van der Waals surface area contributed by atoms with E-state index < -0.39 is 5.60 Å². The molecule has 0 aromatic heterocycles. The van der Waals surface area contributed by atoms with Gasteiger partial charge < -0.3 is 9.84 Å². The number of hydrogen-bond donors (Lipinski definition) is 1. The Kier molecular flexibility index (Phi) is 3.00. The van der Waals surface area contributed by atoms with E-state index in [0.29, 0.717) is 6.42 Å². The molecule has 1 heterocycles. The van der Waals surface area contributed by atoms with Gasteiger partial charge in [-0.15, -0.1) is 0 Å². The van der Waals surface area contributed by atoms with Crippen LogP contribution in [0.3, 0.4) is 0 Å². The van der Waals surface area contributed by atoms with Gasteiger partial charge in [-0.05, 0) is 25.5 Å². The molecule has 3 unspecified atom stereocenters. The number of epoxide rings is 1. The fourth-order valence-corrected chi connectivity index (χ4v) is 1.75. The summed E-state index contributed by atoms with van der Waals surface area (Å²) < 4.78 is 5.31. The van der Waals surface area contributed by atoms with Crippen molar-refractivity contribution in [2.24, 2.45) is 0 Å². The number of hydrogen-bond acceptors (Lipinski definition) is 2. The topological polar surface area (TPSA) is 32.8 Å². The molecule has 1 aliphatic rings. The van der Waals surface area contributed by atoms with Crippen LogP contribution in [0.5, 0.6) is 0 Å². The molecule has 0 aliphatic carbocycles. The van der Waals surface area contributed by atoms with E-state index in [0.717, 1.165) is 5.56 Å². The molecule has 1 N–H and O–H groups in total. The Labute approximate surface area is 96.3 Å². The molecule has 1 aliphatic heterocycles. The number of benzene rings is 1. The molecule has 0 radical (unpaired) electrons.